The van der Waals surface area contributed by atoms with Gasteiger partial charge in [-0.25, -0.2) is 0 Å². The van der Waals surface area contributed by atoms with Gasteiger partial charge < -0.3 is 10.5 Å². The Morgan fingerprint density at radius 3 is 2.73 bits per heavy atom. The van der Waals surface area contributed by atoms with E-state index in [9.17, 15) is 0 Å². The number of methoxy groups -OCH3 is 1. The maximum absolute atomic E-state index is 5.53. The molecule has 3 heteroatoms. The Morgan fingerprint density at radius 2 is 2.20 bits per heavy atom. The SMILES string of the molecule is COc1ccc(SC(C)CCN)cc1C. The topological polar surface area (TPSA) is 35.2 Å². The van der Waals surface area contributed by atoms with E-state index < -0.39 is 0 Å². The zero-order valence-corrected chi connectivity index (χ0v) is 10.4. The number of hydrogen-bond donors (Lipinski definition) is 1. The van der Waals surface area contributed by atoms with Crippen molar-refractivity contribution in [3.8, 4) is 5.75 Å². The van der Waals surface area contributed by atoms with E-state index in [-0.39, 0.29) is 0 Å². The lowest BCUT2D eigenvalue weighted by atomic mass is 10.2. The number of benzene rings is 1. The summed E-state index contributed by atoms with van der Waals surface area (Å²) in [6, 6.07) is 6.28. The summed E-state index contributed by atoms with van der Waals surface area (Å²) in [6.45, 7) is 5.02. The first-order chi connectivity index (χ1) is 7.17. The standard InChI is InChI=1S/C12H19NOS/c1-9-8-11(4-5-12(9)14-3)15-10(2)6-7-13/h4-5,8,10H,6-7,13H2,1-3H3. The zero-order valence-electron chi connectivity index (χ0n) is 9.62. The van der Waals surface area contributed by atoms with Crippen molar-refractivity contribution in [1.82, 2.24) is 0 Å². The maximum Gasteiger partial charge on any atom is 0.121 e. The van der Waals surface area contributed by atoms with Crippen LogP contribution >= 0.6 is 11.8 Å². The number of ether oxygens (including phenoxy) is 1. The smallest absolute Gasteiger partial charge is 0.121 e. The minimum Gasteiger partial charge on any atom is -0.496 e. The van der Waals surface area contributed by atoms with Crippen LogP contribution in [0.25, 0.3) is 0 Å². The highest BCUT2D eigenvalue weighted by molar-refractivity contribution is 7.99. The molecule has 1 atom stereocenters. The molecule has 1 rings (SSSR count). The van der Waals surface area contributed by atoms with E-state index >= 15 is 0 Å². The van der Waals surface area contributed by atoms with Gasteiger partial charge in [0.25, 0.3) is 0 Å². The van der Waals surface area contributed by atoms with Crippen LogP contribution in [0, 0.1) is 6.92 Å². The van der Waals surface area contributed by atoms with Crippen molar-refractivity contribution in [2.24, 2.45) is 5.73 Å². The molecule has 0 aliphatic carbocycles. The predicted octanol–water partition coefficient (Wildman–Crippen LogP) is 2.83. The molecule has 0 aliphatic heterocycles. The molecule has 2 N–H and O–H groups in total. The molecule has 1 aromatic rings. The normalized spacial score (nSPS) is 12.5. The number of nitrogens with two attached hydrogens (primary N) is 1. The minimum atomic E-state index is 0.572. The second-order valence-corrected chi connectivity index (χ2v) is 5.15. The van der Waals surface area contributed by atoms with Gasteiger partial charge >= 0.3 is 0 Å². The molecule has 0 bridgehead atoms. The number of hydrogen-bond acceptors (Lipinski definition) is 3. The maximum atomic E-state index is 5.53. The van der Waals surface area contributed by atoms with Crippen molar-refractivity contribution in [2.75, 3.05) is 13.7 Å². The van der Waals surface area contributed by atoms with E-state index in [2.05, 4.69) is 26.0 Å². The summed E-state index contributed by atoms with van der Waals surface area (Å²) in [5.74, 6) is 0.950. The van der Waals surface area contributed by atoms with Crippen molar-refractivity contribution in [3.63, 3.8) is 0 Å². The van der Waals surface area contributed by atoms with E-state index in [4.69, 9.17) is 10.5 Å². The highest BCUT2D eigenvalue weighted by Gasteiger charge is 2.05. The van der Waals surface area contributed by atoms with Gasteiger partial charge in [0.1, 0.15) is 5.75 Å². The van der Waals surface area contributed by atoms with Crippen LogP contribution in [0.1, 0.15) is 18.9 Å². The van der Waals surface area contributed by atoms with E-state index in [0.717, 1.165) is 18.7 Å². The Hall–Kier alpha value is -0.670. The Balaban J connectivity index is 2.66. The second kappa shape index (κ2) is 6.03. The molecule has 0 aromatic heterocycles. The number of aryl methyl sites for hydroxylation is 1. The average molecular weight is 225 g/mol. The van der Waals surface area contributed by atoms with Crippen molar-refractivity contribution in [3.05, 3.63) is 23.8 Å². The molecular formula is C12H19NOS. The molecule has 0 heterocycles. The van der Waals surface area contributed by atoms with E-state index in [1.807, 2.05) is 17.8 Å². The highest BCUT2D eigenvalue weighted by Crippen LogP contribution is 2.29. The van der Waals surface area contributed by atoms with Gasteiger partial charge in [-0.15, -0.1) is 11.8 Å². The molecule has 1 aromatic carbocycles. The molecule has 84 valence electrons. The van der Waals surface area contributed by atoms with Crippen LogP contribution in [-0.2, 0) is 0 Å². The summed E-state index contributed by atoms with van der Waals surface area (Å²) in [4.78, 5) is 1.29. The van der Waals surface area contributed by atoms with Gasteiger partial charge in [0.05, 0.1) is 7.11 Å². The van der Waals surface area contributed by atoms with Crippen molar-refractivity contribution in [1.29, 1.82) is 0 Å². The first kappa shape index (κ1) is 12.4. The van der Waals surface area contributed by atoms with Gasteiger partial charge in [-0.2, -0.15) is 0 Å². The molecule has 0 saturated carbocycles. The fourth-order valence-electron chi connectivity index (χ4n) is 1.45. The zero-order chi connectivity index (χ0) is 11.3. The lowest BCUT2D eigenvalue weighted by Gasteiger charge is -2.11. The second-order valence-electron chi connectivity index (χ2n) is 3.64. The molecule has 0 aliphatic rings. The Morgan fingerprint density at radius 1 is 1.47 bits per heavy atom. The fourth-order valence-corrected chi connectivity index (χ4v) is 2.56. The Labute approximate surface area is 96.2 Å². The third-order valence-corrected chi connectivity index (χ3v) is 3.44. The molecule has 15 heavy (non-hydrogen) atoms. The Kier molecular flexibility index (Phi) is 4.99. The lowest BCUT2D eigenvalue weighted by Crippen LogP contribution is -2.06. The van der Waals surface area contributed by atoms with Gasteiger partial charge in [0.15, 0.2) is 0 Å². The van der Waals surface area contributed by atoms with Gasteiger partial charge in [-0.05, 0) is 43.7 Å². The summed E-state index contributed by atoms with van der Waals surface area (Å²) in [5.41, 5.74) is 6.71. The molecule has 1 unspecified atom stereocenters. The van der Waals surface area contributed by atoms with Crippen LogP contribution in [0.4, 0.5) is 0 Å². The van der Waals surface area contributed by atoms with Gasteiger partial charge in [-0.1, -0.05) is 6.92 Å². The lowest BCUT2D eigenvalue weighted by molar-refractivity contribution is 0.411. The van der Waals surface area contributed by atoms with Crippen LogP contribution in [0.2, 0.25) is 0 Å². The largest absolute Gasteiger partial charge is 0.496 e. The minimum absolute atomic E-state index is 0.572. The molecule has 0 amide bonds. The summed E-state index contributed by atoms with van der Waals surface area (Å²) in [6.07, 6.45) is 1.05. The number of rotatable bonds is 5. The van der Waals surface area contributed by atoms with Crippen molar-refractivity contribution in [2.45, 2.75) is 30.4 Å². The fraction of sp³-hybridized carbons (Fsp3) is 0.500. The Bertz CT molecular complexity index is 314. The summed E-state index contributed by atoms with van der Waals surface area (Å²) < 4.78 is 5.22. The van der Waals surface area contributed by atoms with Crippen LogP contribution < -0.4 is 10.5 Å². The molecule has 0 radical (unpaired) electrons. The van der Waals surface area contributed by atoms with E-state index in [0.29, 0.717) is 5.25 Å². The molecule has 0 fully saturated rings. The van der Waals surface area contributed by atoms with Crippen LogP contribution in [-0.4, -0.2) is 18.9 Å². The first-order valence-electron chi connectivity index (χ1n) is 5.18. The summed E-state index contributed by atoms with van der Waals surface area (Å²) in [7, 11) is 1.70. The van der Waals surface area contributed by atoms with E-state index in [1.54, 1.807) is 7.11 Å². The van der Waals surface area contributed by atoms with Gasteiger partial charge in [0, 0.05) is 10.1 Å². The third-order valence-electron chi connectivity index (χ3n) is 2.28. The highest BCUT2D eigenvalue weighted by atomic mass is 32.2. The molecule has 2 nitrogen and oxygen atoms in total. The first-order valence-corrected chi connectivity index (χ1v) is 6.06. The van der Waals surface area contributed by atoms with Crippen molar-refractivity contribution >= 4 is 11.8 Å². The summed E-state index contributed by atoms with van der Waals surface area (Å²) in [5, 5.41) is 0.572. The number of thioether (sulfide) groups is 1. The van der Waals surface area contributed by atoms with Gasteiger partial charge in [0.2, 0.25) is 0 Å². The quantitative estimate of drug-likeness (QED) is 0.783. The van der Waals surface area contributed by atoms with E-state index in [1.165, 1.54) is 10.5 Å². The van der Waals surface area contributed by atoms with Crippen molar-refractivity contribution < 1.29 is 4.74 Å². The predicted molar refractivity (Wildman–Crippen MR) is 66.7 cm³/mol. The van der Waals surface area contributed by atoms with Crippen LogP contribution in [0.15, 0.2) is 23.1 Å². The monoisotopic (exact) mass is 225 g/mol. The average Bonchev–Trinajstić information content (AvgIpc) is 2.18. The third kappa shape index (κ3) is 3.76. The van der Waals surface area contributed by atoms with Crippen LogP contribution in [0.5, 0.6) is 5.75 Å². The van der Waals surface area contributed by atoms with Crippen LogP contribution in [0.3, 0.4) is 0 Å². The molecule has 0 spiro atoms. The molecular weight excluding hydrogens is 206 g/mol. The van der Waals surface area contributed by atoms with Gasteiger partial charge in [-0.3, -0.25) is 0 Å². The summed E-state index contributed by atoms with van der Waals surface area (Å²) >= 11 is 1.87. The molecule has 0 saturated heterocycles.